The molecule has 3 saturated carbocycles. The van der Waals surface area contributed by atoms with Gasteiger partial charge in [0.25, 0.3) is 0 Å². The van der Waals surface area contributed by atoms with Gasteiger partial charge in [-0.25, -0.2) is 0 Å². The molecule has 2 unspecified atom stereocenters. The molecule has 14 atom stereocenters. The highest BCUT2D eigenvalue weighted by Crippen LogP contribution is 2.60. The Balaban J connectivity index is 2.14. The van der Waals surface area contributed by atoms with Gasteiger partial charge in [-0.3, -0.25) is 0 Å². The van der Waals surface area contributed by atoms with E-state index in [-0.39, 0.29) is 53.6 Å². The van der Waals surface area contributed by atoms with E-state index in [0.717, 1.165) is 0 Å². The lowest BCUT2D eigenvalue weighted by Crippen LogP contribution is -2.56. The van der Waals surface area contributed by atoms with Gasteiger partial charge in [-0.1, -0.05) is 13.8 Å². The molecular formula is C24H44O8. The van der Waals surface area contributed by atoms with E-state index in [1.54, 1.807) is 28.3 Å². The van der Waals surface area contributed by atoms with Gasteiger partial charge in [0.15, 0.2) is 0 Å². The van der Waals surface area contributed by atoms with Gasteiger partial charge in [0, 0.05) is 46.7 Å². The predicted octanol–water partition coefficient (Wildman–Crippen LogP) is 0.686. The summed E-state index contributed by atoms with van der Waals surface area (Å²) in [7, 11) is 6.45. The van der Waals surface area contributed by atoms with Crippen molar-refractivity contribution >= 4 is 0 Å². The van der Waals surface area contributed by atoms with Crippen LogP contribution in [0.15, 0.2) is 0 Å². The van der Waals surface area contributed by atoms with E-state index in [1.807, 2.05) is 13.8 Å². The Hall–Kier alpha value is -0.320. The molecule has 4 N–H and O–H groups in total. The fraction of sp³-hybridized carbons (Fsp3) is 1.00. The summed E-state index contributed by atoms with van der Waals surface area (Å²) in [6.45, 7) is 5.94. The van der Waals surface area contributed by atoms with Crippen LogP contribution in [-0.2, 0) is 18.9 Å². The largest absolute Gasteiger partial charge is 0.393 e. The summed E-state index contributed by atoms with van der Waals surface area (Å²) in [5, 5.41) is 44.8. The second kappa shape index (κ2) is 10.1. The van der Waals surface area contributed by atoms with Gasteiger partial charge in [0.05, 0.1) is 42.7 Å². The van der Waals surface area contributed by atoms with Crippen LogP contribution in [0.1, 0.15) is 33.6 Å². The first-order valence-electron chi connectivity index (χ1n) is 11.9. The number of aliphatic hydroxyl groups is 4. The highest BCUT2D eigenvalue weighted by Gasteiger charge is 2.65. The van der Waals surface area contributed by atoms with Crippen LogP contribution in [0.25, 0.3) is 0 Å². The normalized spacial score (nSPS) is 50.9. The summed E-state index contributed by atoms with van der Waals surface area (Å²) in [4.78, 5) is 0. The molecule has 0 amide bonds. The van der Waals surface area contributed by atoms with E-state index in [0.29, 0.717) is 19.4 Å². The topological polar surface area (TPSA) is 118 Å². The van der Waals surface area contributed by atoms with Gasteiger partial charge in [-0.2, -0.15) is 0 Å². The van der Waals surface area contributed by atoms with E-state index in [4.69, 9.17) is 18.9 Å². The van der Waals surface area contributed by atoms with Crippen molar-refractivity contribution in [2.75, 3.05) is 35.0 Å². The Morgan fingerprint density at radius 2 is 1.66 bits per heavy atom. The molecule has 0 saturated heterocycles. The Labute approximate surface area is 192 Å². The zero-order valence-electron chi connectivity index (χ0n) is 20.5. The molecule has 0 aromatic heterocycles. The van der Waals surface area contributed by atoms with E-state index in [2.05, 4.69) is 0 Å². The van der Waals surface area contributed by atoms with Crippen molar-refractivity contribution in [3.63, 3.8) is 0 Å². The van der Waals surface area contributed by atoms with E-state index < -0.39 is 30.0 Å². The molecule has 8 nitrogen and oxygen atoms in total. The van der Waals surface area contributed by atoms with Gasteiger partial charge in [-0.15, -0.1) is 0 Å². The van der Waals surface area contributed by atoms with Crippen LogP contribution in [0.5, 0.6) is 0 Å². The third kappa shape index (κ3) is 4.05. The average molecular weight is 461 g/mol. The second-order valence-corrected chi connectivity index (χ2v) is 10.5. The number of aliphatic hydroxyl groups excluding tert-OH is 3. The quantitative estimate of drug-likeness (QED) is 0.438. The molecule has 0 spiro atoms. The molecule has 0 bridgehead atoms. The van der Waals surface area contributed by atoms with Gasteiger partial charge in [0.1, 0.15) is 6.10 Å². The number of hydrogen-bond donors (Lipinski definition) is 4. The fourth-order valence-electron chi connectivity index (χ4n) is 7.86. The summed E-state index contributed by atoms with van der Waals surface area (Å²) in [6, 6.07) is 0. The average Bonchev–Trinajstić information content (AvgIpc) is 2.96. The van der Waals surface area contributed by atoms with Crippen LogP contribution in [0.4, 0.5) is 0 Å². The summed E-state index contributed by atoms with van der Waals surface area (Å²) in [5.74, 6) is -1.20. The zero-order valence-corrected chi connectivity index (χ0v) is 20.5. The van der Waals surface area contributed by atoms with Crippen molar-refractivity contribution in [1.29, 1.82) is 0 Å². The fourth-order valence-corrected chi connectivity index (χ4v) is 7.86. The lowest BCUT2D eigenvalue weighted by Gasteiger charge is -2.50. The molecule has 3 aliphatic carbocycles. The number of ether oxygens (including phenoxy) is 4. The van der Waals surface area contributed by atoms with Crippen molar-refractivity contribution in [3.05, 3.63) is 0 Å². The van der Waals surface area contributed by atoms with Crippen molar-refractivity contribution in [2.24, 2.45) is 41.4 Å². The maximum absolute atomic E-state index is 11.9. The van der Waals surface area contributed by atoms with Crippen LogP contribution in [0, 0.1) is 41.4 Å². The molecule has 3 fully saturated rings. The molecule has 0 heterocycles. The molecule has 3 aliphatic rings. The summed E-state index contributed by atoms with van der Waals surface area (Å²) >= 11 is 0. The number of fused-ring (bicyclic) bond motifs is 3. The van der Waals surface area contributed by atoms with E-state index in [9.17, 15) is 20.4 Å². The molecule has 0 aromatic rings. The molecule has 32 heavy (non-hydrogen) atoms. The third-order valence-electron chi connectivity index (χ3n) is 9.20. The molecule has 0 aromatic carbocycles. The molecule has 188 valence electrons. The Morgan fingerprint density at radius 3 is 2.16 bits per heavy atom. The molecule has 3 rings (SSSR count). The maximum Gasteiger partial charge on any atom is 0.112 e. The Kier molecular flexibility index (Phi) is 8.31. The molecule has 8 heteroatoms. The first-order chi connectivity index (χ1) is 15.1. The molecule has 0 radical (unpaired) electrons. The third-order valence-corrected chi connectivity index (χ3v) is 9.20. The smallest absolute Gasteiger partial charge is 0.112 e. The lowest BCUT2D eigenvalue weighted by atomic mass is 9.61. The monoisotopic (exact) mass is 460 g/mol. The van der Waals surface area contributed by atoms with Crippen LogP contribution in [0.3, 0.4) is 0 Å². The number of rotatable bonds is 7. The highest BCUT2D eigenvalue weighted by molar-refractivity contribution is 5.14. The summed E-state index contributed by atoms with van der Waals surface area (Å²) in [5.41, 5.74) is -1.30. The van der Waals surface area contributed by atoms with Crippen molar-refractivity contribution in [2.45, 2.75) is 75.8 Å². The van der Waals surface area contributed by atoms with Crippen LogP contribution >= 0.6 is 0 Å². The van der Waals surface area contributed by atoms with Crippen molar-refractivity contribution in [3.8, 4) is 0 Å². The van der Waals surface area contributed by atoms with Gasteiger partial charge < -0.3 is 39.4 Å². The number of methoxy groups -OCH3 is 4. The maximum atomic E-state index is 11.9. The standard InChI is InChI=1S/C24H44O8/c1-11-21(27)18-12(2)24(28,23(32-7)13(3)25)9-14(18)19-17(30-5)8-16(26)15(10-29-4)20(19)22(11)31-6/h11-23,25-28H,8-10H2,1-7H3/t11?,12-,13-,14-,15+,16-,17+,18+,19?,20-,21+,22+,23+,24-/m1/s1. The predicted molar refractivity (Wildman–Crippen MR) is 118 cm³/mol. The Morgan fingerprint density at radius 1 is 1.00 bits per heavy atom. The van der Waals surface area contributed by atoms with Crippen molar-refractivity contribution in [1.82, 2.24) is 0 Å². The summed E-state index contributed by atoms with van der Waals surface area (Å²) in [6.07, 6.45) is -2.65. The van der Waals surface area contributed by atoms with Crippen LogP contribution in [0.2, 0.25) is 0 Å². The SMILES string of the molecule is COC[C@@H]1[C@@H]2C([C@@H](OC)C[C@H]1O)[C@@H]1C[C@](O)([C@@H](OC)[C@@H](C)O)[C@H](C)[C@@H]1[C@@H](O)C(C)[C@@H]2OC. The first kappa shape index (κ1) is 26.3. The lowest BCUT2D eigenvalue weighted by molar-refractivity contribution is -0.174. The molecule has 0 aliphatic heterocycles. The minimum absolute atomic E-state index is 0.0546. The zero-order chi connectivity index (χ0) is 24.0. The summed E-state index contributed by atoms with van der Waals surface area (Å²) < 4.78 is 23.0. The second-order valence-electron chi connectivity index (χ2n) is 10.5. The van der Waals surface area contributed by atoms with Gasteiger partial charge >= 0.3 is 0 Å². The highest BCUT2D eigenvalue weighted by atomic mass is 16.5. The van der Waals surface area contributed by atoms with Gasteiger partial charge in [-0.05, 0) is 42.9 Å². The number of hydrogen-bond acceptors (Lipinski definition) is 8. The van der Waals surface area contributed by atoms with E-state index in [1.165, 1.54) is 7.11 Å². The van der Waals surface area contributed by atoms with Crippen LogP contribution < -0.4 is 0 Å². The van der Waals surface area contributed by atoms with Gasteiger partial charge in [0.2, 0.25) is 0 Å². The van der Waals surface area contributed by atoms with E-state index >= 15 is 0 Å². The first-order valence-corrected chi connectivity index (χ1v) is 11.9. The minimum atomic E-state index is -1.30. The van der Waals surface area contributed by atoms with Crippen LogP contribution in [-0.4, -0.2) is 97.7 Å². The minimum Gasteiger partial charge on any atom is -0.393 e. The molecular weight excluding hydrogens is 416 g/mol. The van der Waals surface area contributed by atoms with Crippen molar-refractivity contribution < 1.29 is 39.4 Å². The Bertz CT molecular complexity index is 617.